The molecular formula is C31H21N7OS. The van der Waals surface area contributed by atoms with E-state index in [0.29, 0.717) is 5.82 Å². The van der Waals surface area contributed by atoms with Gasteiger partial charge in [-0.05, 0) is 42.5 Å². The van der Waals surface area contributed by atoms with Gasteiger partial charge in [-0.15, -0.1) is 0 Å². The number of hydrogen-bond acceptors (Lipinski definition) is 6. The lowest BCUT2D eigenvalue weighted by Gasteiger charge is -2.25. The van der Waals surface area contributed by atoms with Gasteiger partial charge in [-0.1, -0.05) is 42.1 Å². The Morgan fingerprint density at radius 1 is 0.800 bits per heavy atom. The quantitative estimate of drug-likeness (QED) is 0.210. The van der Waals surface area contributed by atoms with E-state index in [1.165, 1.54) is 0 Å². The Labute approximate surface area is 233 Å². The molecule has 0 fully saturated rings. The number of rotatable bonds is 5. The molecule has 0 saturated heterocycles. The van der Waals surface area contributed by atoms with Crippen LogP contribution in [-0.4, -0.2) is 36.3 Å². The summed E-state index contributed by atoms with van der Waals surface area (Å²) in [5.41, 5.74) is 7.09. The number of ether oxygens (including phenoxy) is 1. The van der Waals surface area contributed by atoms with Crippen molar-refractivity contribution in [3.8, 4) is 56.8 Å². The third kappa shape index (κ3) is 3.63. The molecule has 40 heavy (non-hydrogen) atoms. The molecule has 0 bridgehead atoms. The molecule has 0 radical (unpaired) electrons. The van der Waals surface area contributed by atoms with E-state index in [-0.39, 0.29) is 6.04 Å². The van der Waals surface area contributed by atoms with Crippen molar-refractivity contribution in [2.24, 2.45) is 4.99 Å². The number of benzene rings is 2. The molecule has 2 aromatic carbocycles. The lowest BCUT2D eigenvalue weighted by molar-refractivity contribution is 0.455. The minimum absolute atomic E-state index is 0.233. The molecular weight excluding hydrogens is 518 g/mol. The van der Waals surface area contributed by atoms with Gasteiger partial charge >= 0.3 is 0 Å². The number of aromatic amines is 3. The summed E-state index contributed by atoms with van der Waals surface area (Å²) in [5.74, 6) is 2.37. The summed E-state index contributed by atoms with van der Waals surface area (Å²) in [7, 11) is 0. The number of aliphatic imine (C=N–C) groups is 1. The summed E-state index contributed by atoms with van der Waals surface area (Å²) in [5, 5.41) is 7.38. The van der Waals surface area contributed by atoms with E-state index >= 15 is 0 Å². The summed E-state index contributed by atoms with van der Waals surface area (Å²) >= 11 is 1.70. The molecule has 6 aromatic rings. The molecule has 9 heteroatoms. The zero-order valence-corrected chi connectivity index (χ0v) is 21.8. The minimum Gasteiger partial charge on any atom is -0.455 e. The van der Waals surface area contributed by atoms with Crippen LogP contribution in [0.15, 0.2) is 112 Å². The topological polar surface area (TPSA) is 108 Å². The Hall–Kier alpha value is -5.15. The summed E-state index contributed by atoms with van der Waals surface area (Å²) in [6, 6.07) is 20.0. The van der Waals surface area contributed by atoms with Gasteiger partial charge in [0, 0.05) is 53.4 Å². The van der Waals surface area contributed by atoms with E-state index in [2.05, 4.69) is 49.4 Å². The maximum absolute atomic E-state index is 6.36. The van der Waals surface area contributed by atoms with Crippen molar-refractivity contribution in [1.82, 2.24) is 30.1 Å². The Bertz CT molecular complexity index is 1890. The minimum atomic E-state index is -0.233. The van der Waals surface area contributed by atoms with E-state index in [1.54, 1.807) is 24.2 Å². The zero-order chi connectivity index (χ0) is 26.5. The number of aromatic nitrogens is 6. The van der Waals surface area contributed by atoms with Crippen LogP contribution in [0, 0.1) is 0 Å². The normalized spacial score (nSPS) is 15.2. The van der Waals surface area contributed by atoms with Crippen molar-refractivity contribution >= 4 is 18.0 Å². The summed E-state index contributed by atoms with van der Waals surface area (Å²) in [6.07, 6.45) is 13.2. The first kappa shape index (κ1) is 22.8. The van der Waals surface area contributed by atoms with Crippen LogP contribution in [-0.2, 0) is 0 Å². The van der Waals surface area contributed by atoms with Crippen molar-refractivity contribution in [1.29, 1.82) is 0 Å². The second-order valence-corrected chi connectivity index (χ2v) is 10.4. The molecule has 0 spiro atoms. The number of nitrogens with zero attached hydrogens (tertiary/aromatic N) is 4. The van der Waals surface area contributed by atoms with Gasteiger partial charge in [-0.3, -0.25) is 10.1 Å². The molecule has 3 N–H and O–H groups in total. The highest BCUT2D eigenvalue weighted by molar-refractivity contribution is 7.99. The maximum atomic E-state index is 6.36. The average molecular weight is 540 g/mol. The largest absolute Gasteiger partial charge is 0.455 e. The predicted molar refractivity (Wildman–Crippen MR) is 156 cm³/mol. The van der Waals surface area contributed by atoms with Gasteiger partial charge in [0.05, 0.1) is 32.8 Å². The molecule has 192 valence electrons. The Morgan fingerprint density at radius 3 is 2.55 bits per heavy atom. The number of allylic oxidation sites excluding steroid dienone is 1. The van der Waals surface area contributed by atoms with Gasteiger partial charge in [-0.25, -0.2) is 9.97 Å². The fraction of sp³-hybridized carbons (Fsp3) is 0.0323. The van der Waals surface area contributed by atoms with Gasteiger partial charge in [0.1, 0.15) is 23.0 Å². The third-order valence-electron chi connectivity index (χ3n) is 7.03. The van der Waals surface area contributed by atoms with Crippen molar-refractivity contribution in [2.75, 3.05) is 0 Å². The fourth-order valence-corrected chi connectivity index (χ4v) is 6.39. The smallest absolute Gasteiger partial charge is 0.142 e. The predicted octanol–water partition coefficient (Wildman–Crippen LogP) is 7.46. The van der Waals surface area contributed by atoms with E-state index < -0.39 is 0 Å². The molecule has 0 amide bonds. The number of H-pyrrole nitrogens is 3. The molecule has 6 heterocycles. The Balaban J connectivity index is 1.49. The van der Waals surface area contributed by atoms with Crippen LogP contribution in [0.3, 0.4) is 0 Å². The fourth-order valence-electron chi connectivity index (χ4n) is 5.33. The van der Waals surface area contributed by atoms with E-state index in [9.17, 15) is 0 Å². The third-order valence-corrected chi connectivity index (χ3v) is 8.21. The van der Waals surface area contributed by atoms with Crippen molar-refractivity contribution in [2.45, 2.75) is 15.8 Å². The van der Waals surface area contributed by atoms with Crippen LogP contribution in [0.2, 0.25) is 0 Å². The number of imidazole rings is 1. The first-order valence-electron chi connectivity index (χ1n) is 12.8. The van der Waals surface area contributed by atoms with Crippen molar-refractivity contribution < 1.29 is 4.74 Å². The number of para-hydroxylation sites is 1. The van der Waals surface area contributed by atoms with Crippen LogP contribution in [0.5, 0.6) is 11.5 Å². The molecule has 1 atom stereocenters. The van der Waals surface area contributed by atoms with Crippen molar-refractivity contribution in [3.05, 3.63) is 103 Å². The van der Waals surface area contributed by atoms with Crippen molar-refractivity contribution in [3.63, 3.8) is 0 Å². The highest BCUT2D eigenvalue weighted by atomic mass is 32.2. The molecule has 8 rings (SSSR count). The van der Waals surface area contributed by atoms with E-state index in [4.69, 9.17) is 14.7 Å². The standard InChI is InChI=1S/C31H21N7OS/c1-2-11-24-22(9-1)39-23-10-3-6-18(30(23)40-24)28-26(20-8-5-14-33-20)25(19-7-4-13-32-19)27(31-34-16-17-35-31)29(37-28)21-12-15-36-38-21/h1-17,20,32H,(H,34,35)(H,36,38). The van der Waals surface area contributed by atoms with Gasteiger partial charge in [0.15, 0.2) is 0 Å². The van der Waals surface area contributed by atoms with Gasteiger partial charge in [0.25, 0.3) is 0 Å². The van der Waals surface area contributed by atoms with E-state index in [1.807, 2.05) is 67.1 Å². The lowest BCUT2D eigenvalue weighted by Crippen LogP contribution is -2.08. The number of pyridine rings is 1. The zero-order valence-electron chi connectivity index (χ0n) is 21.0. The maximum Gasteiger partial charge on any atom is 0.142 e. The molecule has 2 aliphatic heterocycles. The lowest BCUT2D eigenvalue weighted by atomic mass is 9.88. The number of fused-ring (bicyclic) bond motifs is 2. The molecule has 0 aliphatic carbocycles. The van der Waals surface area contributed by atoms with Crippen LogP contribution in [0.1, 0.15) is 11.6 Å². The van der Waals surface area contributed by atoms with Crippen LogP contribution < -0.4 is 4.74 Å². The number of nitrogens with one attached hydrogen (secondary N) is 3. The summed E-state index contributed by atoms with van der Waals surface area (Å²) in [4.78, 5) is 23.8. The first-order valence-corrected chi connectivity index (χ1v) is 13.7. The average Bonchev–Trinajstić information content (AvgIpc) is 3.83. The second kappa shape index (κ2) is 9.25. The monoisotopic (exact) mass is 539 g/mol. The van der Waals surface area contributed by atoms with E-state index in [0.717, 1.165) is 66.3 Å². The van der Waals surface area contributed by atoms with Gasteiger partial charge < -0.3 is 14.7 Å². The number of hydrogen-bond donors (Lipinski definition) is 3. The summed E-state index contributed by atoms with van der Waals surface area (Å²) in [6.45, 7) is 0. The Kier molecular flexibility index (Phi) is 5.27. The van der Waals surface area contributed by atoms with Gasteiger partial charge in [-0.2, -0.15) is 5.10 Å². The highest BCUT2D eigenvalue weighted by Gasteiger charge is 2.32. The summed E-state index contributed by atoms with van der Waals surface area (Å²) < 4.78 is 6.36. The first-order chi connectivity index (χ1) is 19.8. The molecule has 1 unspecified atom stereocenters. The van der Waals surface area contributed by atoms with Crippen LogP contribution in [0.25, 0.3) is 45.3 Å². The Morgan fingerprint density at radius 2 is 1.75 bits per heavy atom. The van der Waals surface area contributed by atoms with Crippen LogP contribution >= 0.6 is 11.8 Å². The van der Waals surface area contributed by atoms with Gasteiger partial charge in [0.2, 0.25) is 0 Å². The molecule has 0 saturated carbocycles. The molecule has 2 aliphatic rings. The molecule has 8 nitrogen and oxygen atoms in total. The molecule has 4 aromatic heterocycles. The second-order valence-electron chi connectivity index (χ2n) is 9.38. The van der Waals surface area contributed by atoms with Crippen LogP contribution in [0.4, 0.5) is 0 Å². The SMILES string of the molecule is C1=CC(c2c(-c3cccc4c3Sc3ccccc3O4)nc(-c3ccn[nH]3)c(-c3ncc[nH]3)c2-c2ccc[nH]2)N=C1. The highest BCUT2D eigenvalue weighted by Crippen LogP contribution is 2.53.